The van der Waals surface area contributed by atoms with Crippen LogP contribution in [0.1, 0.15) is 26.2 Å². The minimum Gasteiger partial charge on any atom is -0.352 e. The van der Waals surface area contributed by atoms with Crippen LogP contribution >= 0.6 is 11.3 Å². The molecule has 1 atom stereocenters. The Bertz CT molecular complexity index is 739. The van der Waals surface area contributed by atoms with E-state index in [1.807, 2.05) is 18.4 Å². The van der Waals surface area contributed by atoms with E-state index in [-0.39, 0.29) is 17.5 Å². The molecule has 0 spiro atoms. The third-order valence-electron chi connectivity index (χ3n) is 4.28. The smallest absolute Gasteiger partial charge is 0.271 e. The summed E-state index contributed by atoms with van der Waals surface area (Å²) in [4.78, 5) is 30.5. The molecule has 1 fully saturated rings. The number of likely N-dealkylation sites (tertiary alicyclic amines) is 1. The van der Waals surface area contributed by atoms with Crippen LogP contribution in [0.3, 0.4) is 0 Å². The lowest BCUT2D eigenvalue weighted by Gasteiger charge is -2.33. The average Bonchev–Trinajstić information content (AvgIpc) is 3.04. The summed E-state index contributed by atoms with van der Waals surface area (Å²) in [5, 5.41) is 4.97. The zero-order chi connectivity index (χ0) is 16.2. The van der Waals surface area contributed by atoms with Gasteiger partial charge in [-0.05, 0) is 30.8 Å². The molecule has 3 heterocycles. The van der Waals surface area contributed by atoms with Crippen LogP contribution in [0.15, 0.2) is 22.6 Å². The maximum absolute atomic E-state index is 12.4. The van der Waals surface area contributed by atoms with Gasteiger partial charge in [-0.2, -0.15) is 0 Å². The fourth-order valence-electron chi connectivity index (χ4n) is 2.99. The van der Waals surface area contributed by atoms with Crippen molar-refractivity contribution >= 4 is 27.5 Å². The van der Waals surface area contributed by atoms with E-state index in [4.69, 9.17) is 0 Å². The molecule has 1 aliphatic heterocycles. The molecule has 0 aliphatic carbocycles. The quantitative estimate of drug-likeness (QED) is 0.899. The Balaban J connectivity index is 1.59. The molecule has 1 amide bonds. The molecule has 0 radical (unpaired) electrons. The predicted octanol–water partition coefficient (Wildman–Crippen LogP) is 1.45. The molecule has 124 valence electrons. The molecule has 1 saturated heterocycles. The molecule has 2 aromatic rings. The molecule has 7 heteroatoms. The summed E-state index contributed by atoms with van der Waals surface area (Å²) >= 11 is 1.44. The number of hydrogen-bond acceptors (Lipinski definition) is 5. The number of carbonyl (C=O) groups is 1. The molecular formula is C16H22N4O2S. The van der Waals surface area contributed by atoms with Crippen molar-refractivity contribution in [2.24, 2.45) is 0 Å². The van der Waals surface area contributed by atoms with Crippen LogP contribution in [-0.2, 0) is 11.3 Å². The normalized spacial score (nSPS) is 19.1. The molecule has 1 N–H and O–H groups in total. The Morgan fingerprint density at radius 1 is 1.48 bits per heavy atom. The topological polar surface area (TPSA) is 67.2 Å². The highest BCUT2D eigenvalue weighted by molar-refractivity contribution is 7.17. The van der Waals surface area contributed by atoms with Gasteiger partial charge in [-0.15, -0.1) is 11.3 Å². The Kier molecular flexibility index (Phi) is 5.07. The van der Waals surface area contributed by atoms with E-state index in [1.54, 1.807) is 10.9 Å². The summed E-state index contributed by atoms with van der Waals surface area (Å²) in [6.45, 7) is 5.18. The molecule has 0 bridgehead atoms. The highest BCUT2D eigenvalue weighted by Gasteiger charge is 2.20. The van der Waals surface area contributed by atoms with Gasteiger partial charge >= 0.3 is 0 Å². The molecule has 6 nitrogen and oxygen atoms in total. The Morgan fingerprint density at radius 2 is 2.35 bits per heavy atom. The fourth-order valence-corrected chi connectivity index (χ4v) is 3.79. The SMILES string of the molecule is CCC(=O)NC1CCCN(CCn2cnc3ccsc3c2=O)C1. The second-order valence-electron chi connectivity index (χ2n) is 5.94. The van der Waals surface area contributed by atoms with E-state index >= 15 is 0 Å². The van der Waals surface area contributed by atoms with Crippen LogP contribution in [0.5, 0.6) is 0 Å². The largest absolute Gasteiger partial charge is 0.352 e. The molecule has 1 aliphatic rings. The van der Waals surface area contributed by atoms with Crippen molar-refractivity contribution in [3.63, 3.8) is 0 Å². The van der Waals surface area contributed by atoms with Crippen LogP contribution in [0.4, 0.5) is 0 Å². The Morgan fingerprint density at radius 3 is 3.17 bits per heavy atom. The third-order valence-corrected chi connectivity index (χ3v) is 5.18. The molecule has 3 rings (SSSR count). The first-order valence-corrected chi connectivity index (χ1v) is 8.99. The number of piperidine rings is 1. The van der Waals surface area contributed by atoms with E-state index in [9.17, 15) is 9.59 Å². The number of carbonyl (C=O) groups excluding carboxylic acids is 1. The van der Waals surface area contributed by atoms with Crippen LogP contribution in [0.25, 0.3) is 10.2 Å². The number of nitrogens with zero attached hydrogens (tertiary/aromatic N) is 3. The van der Waals surface area contributed by atoms with E-state index in [1.165, 1.54) is 11.3 Å². The fraction of sp³-hybridized carbons (Fsp3) is 0.562. The highest BCUT2D eigenvalue weighted by Crippen LogP contribution is 2.13. The summed E-state index contributed by atoms with van der Waals surface area (Å²) in [6, 6.07) is 2.10. The standard InChI is InChI=1S/C16H22N4O2S/c1-2-14(21)18-12-4-3-6-19(10-12)7-8-20-11-17-13-5-9-23-15(13)16(20)22/h5,9,11-12H,2-4,6-8,10H2,1H3,(H,18,21). The Labute approximate surface area is 139 Å². The predicted molar refractivity (Wildman–Crippen MR) is 91.8 cm³/mol. The van der Waals surface area contributed by atoms with Crippen LogP contribution in [-0.4, -0.2) is 46.0 Å². The van der Waals surface area contributed by atoms with Crippen LogP contribution in [0.2, 0.25) is 0 Å². The highest BCUT2D eigenvalue weighted by atomic mass is 32.1. The second-order valence-corrected chi connectivity index (χ2v) is 6.86. The van der Waals surface area contributed by atoms with Crippen molar-refractivity contribution in [1.29, 1.82) is 0 Å². The average molecular weight is 334 g/mol. The molecule has 23 heavy (non-hydrogen) atoms. The Hall–Kier alpha value is -1.73. The first-order chi connectivity index (χ1) is 11.2. The zero-order valence-electron chi connectivity index (χ0n) is 13.3. The number of amides is 1. The van der Waals surface area contributed by atoms with Gasteiger partial charge in [-0.25, -0.2) is 4.98 Å². The van der Waals surface area contributed by atoms with E-state index < -0.39 is 0 Å². The summed E-state index contributed by atoms with van der Waals surface area (Å²) in [7, 11) is 0. The summed E-state index contributed by atoms with van der Waals surface area (Å²) in [6.07, 6.45) is 4.27. The van der Waals surface area contributed by atoms with Crippen LogP contribution in [0, 0.1) is 0 Å². The van der Waals surface area contributed by atoms with Gasteiger partial charge in [0.25, 0.3) is 5.56 Å². The summed E-state index contributed by atoms with van der Waals surface area (Å²) in [5.41, 5.74) is 0.814. The van der Waals surface area contributed by atoms with Crippen molar-refractivity contribution in [2.75, 3.05) is 19.6 Å². The molecule has 2 aromatic heterocycles. The number of nitrogens with one attached hydrogen (secondary N) is 1. The third kappa shape index (κ3) is 3.79. The number of thiophene rings is 1. The van der Waals surface area contributed by atoms with Crippen molar-refractivity contribution in [3.8, 4) is 0 Å². The number of aromatic nitrogens is 2. The van der Waals surface area contributed by atoms with Gasteiger partial charge in [0, 0.05) is 32.1 Å². The van der Waals surface area contributed by atoms with Gasteiger partial charge in [-0.3, -0.25) is 19.1 Å². The zero-order valence-corrected chi connectivity index (χ0v) is 14.1. The minimum atomic E-state index is 0.0397. The van der Waals surface area contributed by atoms with E-state index in [2.05, 4.69) is 15.2 Å². The second kappa shape index (κ2) is 7.23. The number of fused-ring (bicyclic) bond motifs is 1. The van der Waals surface area contributed by atoms with Crippen LogP contribution < -0.4 is 10.9 Å². The molecule has 0 saturated carbocycles. The van der Waals surface area contributed by atoms with Gasteiger partial charge in [0.1, 0.15) is 4.70 Å². The lowest BCUT2D eigenvalue weighted by atomic mass is 10.1. The first kappa shape index (κ1) is 16.1. The lowest BCUT2D eigenvalue weighted by Crippen LogP contribution is -2.48. The molecule has 0 aromatic carbocycles. The first-order valence-electron chi connectivity index (χ1n) is 8.11. The number of rotatable bonds is 5. The van der Waals surface area contributed by atoms with Gasteiger partial charge in [0.2, 0.25) is 5.91 Å². The van der Waals surface area contributed by atoms with Crippen molar-refractivity contribution in [3.05, 3.63) is 28.1 Å². The van der Waals surface area contributed by atoms with Crippen molar-refractivity contribution < 1.29 is 4.79 Å². The monoisotopic (exact) mass is 334 g/mol. The molecular weight excluding hydrogens is 312 g/mol. The van der Waals surface area contributed by atoms with Crippen molar-refractivity contribution in [1.82, 2.24) is 19.8 Å². The van der Waals surface area contributed by atoms with E-state index in [0.717, 1.165) is 42.7 Å². The maximum atomic E-state index is 12.4. The van der Waals surface area contributed by atoms with Crippen molar-refractivity contribution in [2.45, 2.75) is 38.8 Å². The van der Waals surface area contributed by atoms with Gasteiger partial charge in [-0.1, -0.05) is 6.92 Å². The summed E-state index contributed by atoms with van der Waals surface area (Å²) < 4.78 is 2.41. The van der Waals surface area contributed by atoms with E-state index in [0.29, 0.717) is 13.0 Å². The molecule has 1 unspecified atom stereocenters. The van der Waals surface area contributed by atoms with Gasteiger partial charge in [0.05, 0.1) is 11.8 Å². The lowest BCUT2D eigenvalue weighted by molar-refractivity contribution is -0.121. The van der Waals surface area contributed by atoms with Gasteiger partial charge < -0.3 is 5.32 Å². The minimum absolute atomic E-state index is 0.0397. The number of hydrogen-bond donors (Lipinski definition) is 1. The summed E-state index contributed by atoms with van der Waals surface area (Å²) in [5.74, 6) is 0.111. The van der Waals surface area contributed by atoms with Gasteiger partial charge in [0.15, 0.2) is 0 Å². The maximum Gasteiger partial charge on any atom is 0.271 e.